The number of nitrogens with one attached hydrogen (secondary N) is 1. The summed E-state index contributed by atoms with van der Waals surface area (Å²) in [4.78, 5) is 12.5. The van der Waals surface area contributed by atoms with Gasteiger partial charge >= 0.3 is 0 Å². The standard InChI is InChI=1S/C21H21N3O2/c1-24-15-16(14-22-24)8-13-20(25)23-21(17-6-4-3-5-7-17)18-9-11-19(26-2)12-10-18/h3-15,21H,1-2H3,(H,23,25)/b13-8+. The van der Waals surface area contributed by atoms with Crippen LogP contribution in [-0.2, 0) is 11.8 Å². The van der Waals surface area contributed by atoms with Gasteiger partial charge in [0, 0.05) is 24.9 Å². The molecule has 1 unspecified atom stereocenters. The van der Waals surface area contributed by atoms with Crippen LogP contribution in [0.15, 0.2) is 73.1 Å². The van der Waals surface area contributed by atoms with Gasteiger partial charge in [-0.25, -0.2) is 0 Å². The molecule has 0 aliphatic heterocycles. The van der Waals surface area contributed by atoms with Gasteiger partial charge in [0.15, 0.2) is 0 Å². The monoisotopic (exact) mass is 347 g/mol. The van der Waals surface area contributed by atoms with Gasteiger partial charge in [0.25, 0.3) is 0 Å². The topological polar surface area (TPSA) is 56.1 Å². The molecular formula is C21H21N3O2. The molecule has 0 fully saturated rings. The first-order chi connectivity index (χ1) is 12.7. The number of benzene rings is 2. The quantitative estimate of drug-likeness (QED) is 0.696. The largest absolute Gasteiger partial charge is 0.497 e. The molecule has 5 nitrogen and oxygen atoms in total. The molecule has 1 amide bonds. The van der Waals surface area contributed by atoms with Crippen LogP contribution >= 0.6 is 0 Å². The molecule has 0 aliphatic rings. The van der Waals surface area contributed by atoms with Crippen LogP contribution in [0.1, 0.15) is 22.7 Å². The van der Waals surface area contributed by atoms with Crippen LogP contribution in [0.4, 0.5) is 0 Å². The molecular weight excluding hydrogens is 326 g/mol. The summed E-state index contributed by atoms with van der Waals surface area (Å²) in [6.07, 6.45) is 6.83. The van der Waals surface area contributed by atoms with Crippen molar-refractivity contribution in [2.45, 2.75) is 6.04 Å². The highest BCUT2D eigenvalue weighted by Crippen LogP contribution is 2.24. The molecule has 1 heterocycles. The van der Waals surface area contributed by atoms with E-state index in [9.17, 15) is 4.79 Å². The van der Waals surface area contributed by atoms with Gasteiger partial charge in [0.1, 0.15) is 5.75 Å². The Labute approximate surface area is 152 Å². The Morgan fingerprint density at radius 1 is 1.12 bits per heavy atom. The van der Waals surface area contributed by atoms with Crippen LogP contribution in [0.3, 0.4) is 0 Å². The van der Waals surface area contributed by atoms with Gasteiger partial charge < -0.3 is 10.1 Å². The zero-order valence-electron chi connectivity index (χ0n) is 14.8. The van der Waals surface area contributed by atoms with Crippen molar-refractivity contribution >= 4 is 12.0 Å². The van der Waals surface area contributed by atoms with E-state index in [2.05, 4.69) is 10.4 Å². The summed E-state index contributed by atoms with van der Waals surface area (Å²) in [6.45, 7) is 0. The van der Waals surface area contributed by atoms with Gasteiger partial charge in [-0.15, -0.1) is 0 Å². The van der Waals surface area contributed by atoms with Crippen LogP contribution in [-0.4, -0.2) is 22.8 Å². The van der Waals surface area contributed by atoms with Crippen molar-refractivity contribution in [3.63, 3.8) is 0 Å². The summed E-state index contributed by atoms with van der Waals surface area (Å²) in [5, 5.41) is 7.16. The summed E-state index contributed by atoms with van der Waals surface area (Å²) in [5.74, 6) is 0.613. The number of aryl methyl sites for hydroxylation is 1. The number of hydrogen-bond donors (Lipinski definition) is 1. The second kappa shape index (κ2) is 8.16. The molecule has 2 aromatic carbocycles. The minimum absolute atomic E-state index is 0.168. The molecule has 132 valence electrons. The lowest BCUT2D eigenvalue weighted by Crippen LogP contribution is -2.27. The van der Waals surface area contributed by atoms with Crippen molar-refractivity contribution in [1.82, 2.24) is 15.1 Å². The maximum absolute atomic E-state index is 12.5. The van der Waals surface area contributed by atoms with Crippen LogP contribution in [0, 0.1) is 0 Å². The molecule has 1 aromatic heterocycles. The molecule has 0 bridgehead atoms. The van der Waals surface area contributed by atoms with Gasteiger partial charge in [-0.1, -0.05) is 42.5 Å². The van der Waals surface area contributed by atoms with E-state index in [-0.39, 0.29) is 11.9 Å². The maximum Gasteiger partial charge on any atom is 0.244 e. The average Bonchev–Trinajstić information content (AvgIpc) is 3.10. The predicted molar refractivity (Wildman–Crippen MR) is 102 cm³/mol. The van der Waals surface area contributed by atoms with Crippen molar-refractivity contribution in [1.29, 1.82) is 0 Å². The molecule has 0 aliphatic carbocycles. The molecule has 26 heavy (non-hydrogen) atoms. The summed E-state index contributed by atoms with van der Waals surface area (Å²) < 4.78 is 6.91. The first kappa shape index (κ1) is 17.5. The highest BCUT2D eigenvalue weighted by Gasteiger charge is 2.15. The number of ether oxygens (including phenoxy) is 1. The number of nitrogens with zero attached hydrogens (tertiary/aromatic N) is 2. The molecule has 1 atom stereocenters. The summed E-state index contributed by atoms with van der Waals surface area (Å²) in [7, 11) is 3.47. The number of hydrogen-bond acceptors (Lipinski definition) is 3. The van der Waals surface area contributed by atoms with Gasteiger partial charge in [0.05, 0.1) is 19.3 Å². The first-order valence-electron chi connectivity index (χ1n) is 8.32. The molecule has 0 saturated carbocycles. The fourth-order valence-corrected chi connectivity index (χ4v) is 2.69. The van der Waals surface area contributed by atoms with E-state index < -0.39 is 0 Å². The van der Waals surface area contributed by atoms with Gasteiger partial charge in [-0.3, -0.25) is 9.48 Å². The molecule has 3 aromatic rings. The van der Waals surface area contributed by atoms with E-state index in [1.165, 1.54) is 6.08 Å². The fraction of sp³-hybridized carbons (Fsp3) is 0.143. The first-order valence-corrected chi connectivity index (χ1v) is 8.32. The van der Waals surface area contributed by atoms with Crippen LogP contribution in [0.25, 0.3) is 6.08 Å². The summed E-state index contributed by atoms with van der Waals surface area (Å²) in [6, 6.07) is 17.3. The third-order valence-corrected chi connectivity index (χ3v) is 4.02. The minimum atomic E-state index is -0.242. The van der Waals surface area contributed by atoms with Crippen molar-refractivity contribution in [3.05, 3.63) is 89.8 Å². The maximum atomic E-state index is 12.5. The van der Waals surface area contributed by atoms with E-state index in [1.807, 2.05) is 67.8 Å². The third kappa shape index (κ3) is 4.39. The number of aromatic nitrogens is 2. The van der Waals surface area contributed by atoms with Crippen LogP contribution < -0.4 is 10.1 Å². The fourth-order valence-electron chi connectivity index (χ4n) is 2.69. The smallest absolute Gasteiger partial charge is 0.244 e. The van der Waals surface area contributed by atoms with Crippen LogP contribution in [0.5, 0.6) is 5.75 Å². The summed E-state index contributed by atoms with van der Waals surface area (Å²) >= 11 is 0. The van der Waals surface area contributed by atoms with E-state index in [0.29, 0.717) is 0 Å². The lowest BCUT2D eigenvalue weighted by molar-refractivity contribution is -0.116. The Hall–Kier alpha value is -3.34. The van der Waals surface area contributed by atoms with E-state index in [0.717, 1.165) is 22.4 Å². The average molecular weight is 347 g/mol. The number of carbonyl (C=O) groups is 1. The molecule has 1 N–H and O–H groups in total. The Bertz CT molecular complexity index is 883. The Morgan fingerprint density at radius 3 is 2.42 bits per heavy atom. The highest BCUT2D eigenvalue weighted by atomic mass is 16.5. The third-order valence-electron chi connectivity index (χ3n) is 4.02. The Kier molecular flexibility index (Phi) is 5.49. The summed E-state index contributed by atoms with van der Waals surface area (Å²) in [5.41, 5.74) is 2.88. The lowest BCUT2D eigenvalue weighted by Gasteiger charge is -2.19. The van der Waals surface area contributed by atoms with E-state index in [1.54, 1.807) is 24.1 Å². The van der Waals surface area contributed by atoms with Crippen molar-refractivity contribution in [2.75, 3.05) is 7.11 Å². The normalized spacial score (nSPS) is 12.1. The zero-order chi connectivity index (χ0) is 18.4. The van der Waals surface area contributed by atoms with Crippen LogP contribution in [0.2, 0.25) is 0 Å². The highest BCUT2D eigenvalue weighted by molar-refractivity contribution is 5.92. The predicted octanol–water partition coefficient (Wildman–Crippen LogP) is 3.35. The van der Waals surface area contributed by atoms with Gasteiger partial charge in [-0.05, 0) is 29.3 Å². The second-order valence-corrected chi connectivity index (χ2v) is 5.91. The van der Waals surface area contributed by atoms with Crippen molar-refractivity contribution in [2.24, 2.45) is 7.05 Å². The van der Waals surface area contributed by atoms with Crippen molar-refractivity contribution < 1.29 is 9.53 Å². The molecule has 5 heteroatoms. The van der Waals surface area contributed by atoms with E-state index in [4.69, 9.17) is 4.74 Å². The second-order valence-electron chi connectivity index (χ2n) is 5.91. The molecule has 0 radical (unpaired) electrons. The zero-order valence-corrected chi connectivity index (χ0v) is 14.8. The van der Waals surface area contributed by atoms with Gasteiger partial charge in [-0.2, -0.15) is 5.10 Å². The molecule has 0 spiro atoms. The Balaban J connectivity index is 1.81. The minimum Gasteiger partial charge on any atom is -0.497 e. The SMILES string of the molecule is COc1ccc(C(NC(=O)/C=C/c2cnn(C)c2)c2ccccc2)cc1. The van der Waals surface area contributed by atoms with E-state index >= 15 is 0 Å². The number of methoxy groups -OCH3 is 1. The van der Waals surface area contributed by atoms with Crippen molar-refractivity contribution in [3.8, 4) is 5.75 Å². The Morgan fingerprint density at radius 2 is 1.81 bits per heavy atom. The van der Waals surface area contributed by atoms with Gasteiger partial charge in [0.2, 0.25) is 5.91 Å². The number of carbonyl (C=O) groups excluding carboxylic acids is 1. The number of rotatable bonds is 6. The lowest BCUT2D eigenvalue weighted by atomic mass is 9.98. The molecule has 3 rings (SSSR count). The number of amides is 1. The molecule has 0 saturated heterocycles.